The number of aromatic nitrogens is 2. The molecule has 2 saturated heterocycles. The van der Waals surface area contributed by atoms with E-state index >= 15 is 0 Å². The van der Waals surface area contributed by atoms with Crippen LogP contribution in [0.25, 0.3) is 0 Å². The van der Waals surface area contributed by atoms with Crippen molar-refractivity contribution in [3.05, 3.63) is 17.8 Å². The maximum Gasteiger partial charge on any atom is 0.169 e. The summed E-state index contributed by atoms with van der Waals surface area (Å²) < 4.78 is 0. The van der Waals surface area contributed by atoms with Gasteiger partial charge in [0.15, 0.2) is 5.82 Å². The number of piperidine rings is 1. The van der Waals surface area contributed by atoms with Crippen molar-refractivity contribution in [1.29, 1.82) is 5.26 Å². The van der Waals surface area contributed by atoms with Gasteiger partial charge < -0.3 is 10.2 Å². The third-order valence-electron chi connectivity index (χ3n) is 4.25. The average molecular weight is 257 g/mol. The average Bonchev–Trinajstić information content (AvgIpc) is 3.01. The summed E-state index contributed by atoms with van der Waals surface area (Å²) in [6.07, 6.45) is 6.60. The molecule has 2 aliphatic rings. The van der Waals surface area contributed by atoms with Crippen molar-refractivity contribution >= 4 is 5.82 Å². The molecule has 0 radical (unpaired) electrons. The maximum atomic E-state index is 9.17. The lowest BCUT2D eigenvalue weighted by atomic mass is 9.89. The molecule has 0 aromatic carbocycles. The van der Waals surface area contributed by atoms with Crippen LogP contribution in [0.5, 0.6) is 0 Å². The molecule has 0 amide bonds. The fourth-order valence-corrected chi connectivity index (χ4v) is 3.29. The van der Waals surface area contributed by atoms with Crippen LogP contribution >= 0.6 is 0 Å². The second-order valence-corrected chi connectivity index (χ2v) is 5.43. The molecule has 2 fully saturated rings. The molecule has 3 heterocycles. The van der Waals surface area contributed by atoms with Crippen molar-refractivity contribution in [3.8, 4) is 6.07 Å². The van der Waals surface area contributed by atoms with E-state index < -0.39 is 0 Å². The minimum atomic E-state index is 0.634. The number of nitrogens with zero attached hydrogens (tertiary/aromatic N) is 4. The van der Waals surface area contributed by atoms with E-state index in [0.29, 0.717) is 17.5 Å². The van der Waals surface area contributed by atoms with Crippen molar-refractivity contribution in [2.45, 2.75) is 31.7 Å². The molecule has 2 aliphatic heterocycles. The minimum Gasteiger partial charge on any atom is -0.354 e. The first-order valence-corrected chi connectivity index (χ1v) is 7.08. The molecule has 1 N–H and O–H groups in total. The third kappa shape index (κ3) is 2.54. The van der Waals surface area contributed by atoms with Crippen LogP contribution in [-0.2, 0) is 0 Å². The number of nitrogens with one attached hydrogen (secondary N) is 1. The van der Waals surface area contributed by atoms with Crippen LogP contribution in [0.3, 0.4) is 0 Å². The van der Waals surface area contributed by atoms with Crippen molar-refractivity contribution in [2.75, 3.05) is 24.5 Å². The van der Waals surface area contributed by atoms with Gasteiger partial charge >= 0.3 is 0 Å². The summed E-state index contributed by atoms with van der Waals surface area (Å²) >= 11 is 0. The van der Waals surface area contributed by atoms with E-state index in [-0.39, 0.29) is 0 Å². The molecular formula is C14H19N5. The first-order valence-electron chi connectivity index (χ1n) is 7.08. The zero-order valence-corrected chi connectivity index (χ0v) is 11.0. The van der Waals surface area contributed by atoms with Crippen LogP contribution < -0.4 is 10.2 Å². The van der Waals surface area contributed by atoms with Gasteiger partial charge in [0.05, 0.1) is 11.8 Å². The normalized spacial score (nSPS) is 27.2. The van der Waals surface area contributed by atoms with E-state index in [1.807, 2.05) is 0 Å². The molecular weight excluding hydrogens is 238 g/mol. The van der Waals surface area contributed by atoms with Gasteiger partial charge in [0.25, 0.3) is 0 Å². The Kier molecular flexibility index (Phi) is 3.60. The van der Waals surface area contributed by atoms with Crippen LogP contribution in [0.2, 0.25) is 0 Å². The molecule has 0 saturated carbocycles. The second kappa shape index (κ2) is 5.54. The summed E-state index contributed by atoms with van der Waals surface area (Å²) in [6.45, 7) is 3.12. The fourth-order valence-electron chi connectivity index (χ4n) is 3.29. The quantitative estimate of drug-likeness (QED) is 0.865. The topological polar surface area (TPSA) is 64.8 Å². The molecule has 100 valence electrons. The highest BCUT2D eigenvalue weighted by Gasteiger charge is 2.30. The van der Waals surface area contributed by atoms with Crippen LogP contribution in [0, 0.1) is 17.2 Å². The highest BCUT2D eigenvalue weighted by Crippen LogP contribution is 2.28. The summed E-state index contributed by atoms with van der Waals surface area (Å²) in [5, 5.41) is 20.9. The molecule has 3 rings (SSSR count). The second-order valence-electron chi connectivity index (χ2n) is 5.43. The maximum absolute atomic E-state index is 9.17. The van der Waals surface area contributed by atoms with Crippen LogP contribution in [0.1, 0.15) is 31.2 Å². The van der Waals surface area contributed by atoms with Gasteiger partial charge in [-0.15, -0.1) is 5.10 Å². The van der Waals surface area contributed by atoms with Crippen LogP contribution in [-0.4, -0.2) is 35.9 Å². The minimum absolute atomic E-state index is 0.634. The van der Waals surface area contributed by atoms with Gasteiger partial charge in [-0.1, -0.05) is 0 Å². The van der Waals surface area contributed by atoms with Gasteiger partial charge in [-0.25, -0.2) is 0 Å². The van der Waals surface area contributed by atoms with Crippen LogP contribution in [0.15, 0.2) is 12.3 Å². The van der Waals surface area contributed by atoms with Crippen molar-refractivity contribution in [2.24, 2.45) is 5.92 Å². The standard InChI is InChI=1S/C14H19N5/c15-9-11-5-7-17-18-14(11)19-8-2-3-12(10-19)13-4-1-6-16-13/h5,7,12-13,16H,1-4,6,8,10H2. The van der Waals surface area contributed by atoms with Gasteiger partial charge in [0, 0.05) is 19.1 Å². The monoisotopic (exact) mass is 257 g/mol. The summed E-state index contributed by atoms with van der Waals surface area (Å²) in [5.74, 6) is 1.43. The Balaban J connectivity index is 1.76. The number of hydrogen-bond donors (Lipinski definition) is 1. The molecule has 2 atom stereocenters. The lowest BCUT2D eigenvalue weighted by Gasteiger charge is -2.36. The molecule has 1 aromatic heterocycles. The summed E-state index contributed by atoms with van der Waals surface area (Å²) in [6, 6.07) is 4.61. The van der Waals surface area contributed by atoms with Crippen molar-refractivity contribution in [1.82, 2.24) is 15.5 Å². The van der Waals surface area contributed by atoms with E-state index in [1.165, 1.54) is 25.7 Å². The zero-order chi connectivity index (χ0) is 13.1. The molecule has 1 aromatic rings. The van der Waals surface area contributed by atoms with E-state index in [9.17, 15) is 0 Å². The molecule has 19 heavy (non-hydrogen) atoms. The lowest BCUT2D eigenvalue weighted by Crippen LogP contribution is -2.44. The van der Waals surface area contributed by atoms with Gasteiger partial charge in [0.2, 0.25) is 0 Å². The summed E-state index contributed by atoms with van der Waals surface area (Å²) in [5.41, 5.74) is 0.634. The van der Waals surface area contributed by atoms with Gasteiger partial charge in [-0.05, 0) is 44.2 Å². The smallest absolute Gasteiger partial charge is 0.169 e. The highest BCUT2D eigenvalue weighted by atomic mass is 15.3. The largest absolute Gasteiger partial charge is 0.354 e. The molecule has 0 aliphatic carbocycles. The lowest BCUT2D eigenvalue weighted by molar-refractivity contribution is 0.327. The number of rotatable bonds is 2. The van der Waals surface area contributed by atoms with E-state index in [2.05, 4.69) is 26.5 Å². The van der Waals surface area contributed by atoms with Crippen molar-refractivity contribution in [3.63, 3.8) is 0 Å². The molecule has 5 heteroatoms. The third-order valence-corrected chi connectivity index (χ3v) is 4.25. The van der Waals surface area contributed by atoms with E-state index in [0.717, 1.165) is 25.5 Å². The van der Waals surface area contributed by atoms with Crippen molar-refractivity contribution < 1.29 is 0 Å². The highest BCUT2D eigenvalue weighted by molar-refractivity contribution is 5.52. The van der Waals surface area contributed by atoms with E-state index in [4.69, 9.17) is 5.26 Å². The predicted octanol–water partition coefficient (Wildman–Crippen LogP) is 1.32. The van der Waals surface area contributed by atoms with E-state index in [1.54, 1.807) is 12.3 Å². The molecule has 0 spiro atoms. The predicted molar refractivity (Wildman–Crippen MR) is 72.7 cm³/mol. The first kappa shape index (κ1) is 12.4. The molecule has 0 bridgehead atoms. The Labute approximate surface area is 113 Å². The fraction of sp³-hybridized carbons (Fsp3) is 0.643. The first-order chi connectivity index (χ1) is 9.38. The molecule has 2 unspecified atom stereocenters. The summed E-state index contributed by atoms with van der Waals surface area (Å²) in [7, 11) is 0. The zero-order valence-electron chi connectivity index (χ0n) is 11.0. The Hall–Kier alpha value is -1.67. The van der Waals surface area contributed by atoms with Gasteiger partial charge in [0.1, 0.15) is 6.07 Å². The number of anilines is 1. The van der Waals surface area contributed by atoms with Gasteiger partial charge in [-0.2, -0.15) is 10.4 Å². The van der Waals surface area contributed by atoms with Crippen LogP contribution in [0.4, 0.5) is 5.82 Å². The number of nitriles is 1. The Morgan fingerprint density at radius 3 is 3.11 bits per heavy atom. The Morgan fingerprint density at radius 2 is 2.32 bits per heavy atom. The van der Waals surface area contributed by atoms with Gasteiger partial charge in [-0.3, -0.25) is 0 Å². The SMILES string of the molecule is N#Cc1ccnnc1N1CCCC(C2CCCN2)C1. The summed E-state index contributed by atoms with van der Waals surface area (Å²) in [4.78, 5) is 2.24. The Bertz CT molecular complexity index is 475. The number of hydrogen-bond acceptors (Lipinski definition) is 5. The Morgan fingerprint density at radius 1 is 1.37 bits per heavy atom. The molecule has 5 nitrogen and oxygen atoms in total.